The average molecular weight is 564 g/mol. The number of benzene rings is 2. The van der Waals surface area contributed by atoms with Gasteiger partial charge in [0.15, 0.2) is 5.76 Å². The summed E-state index contributed by atoms with van der Waals surface area (Å²) in [5.74, 6) is -1.54. The van der Waals surface area contributed by atoms with Gasteiger partial charge in [-0.2, -0.15) is 0 Å². The Labute approximate surface area is 225 Å². The second-order valence-corrected chi connectivity index (χ2v) is 9.62. The molecular weight excluding hydrogens is 536 g/mol. The molecule has 0 aliphatic carbocycles. The number of fused-ring (bicyclic) bond motifs is 1. The topological polar surface area (TPSA) is 229 Å². The van der Waals surface area contributed by atoms with Crippen LogP contribution in [0.1, 0.15) is 6.92 Å². The van der Waals surface area contributed by atoms with Crippen LogP contribution in [0.2, 0.25) is 0 Å². The van der Waals surface area contributed by atoms with Crippen molar-refractivity contribution in [3.63, 3.8) is 0 Å². The second kappa shape index (κ2) is 10.8. The summed E-state index contributed by atoms with van der Waals surface area (Å²) < 4.78 is 27.9. The first-order valence-electron chi connectivity index (χ1n) is 12.3. The third-order valence-electron chi connectivity index (χ3n) is 6.78. The van der Waals surface area contributed by atoms with Crippen LogP contribution in [0.15, 0.2) is 45.6 Å². The van der Waals surface area contributed by atoms with Gasteiger partial charge in [-0.1, -0.05) is 0 Å². The van der Waals surface area contributed by atoms with Crippen molar-refractivity contribution in [2.75, 3.05) is 6.61 Å². The van der Waals surface area contributed by atoms with Crippen LogP contribution >= 0.6 is 0 Å². The summed E-state index contributed by atoms with van der Waals surface area (Å²) >= 11 is 0. The van der Waals surface area contributed by atoms with Crippen LogP contribution in [0.3, 0.4) is 0 Å². The van der Waals surface area contributed by atoms with E-state index in [1.165, 1.54) is 37.3 Å². The molecule has 2 aromatic carbocycles. The van der Waals surface area contributed by atoms with Gasteiger partial charge in [0.25, 0.3) is 0 Å². The first kappa shape index (κ1) is 28.1. The fourth-order valence-corrected chi connectivity index (χ4v) is 4.48. The van der Waals surface area contributed by atoms with Crippen molar-refractivity contribution >= 4 is 11.0 Å². The van der Waals surface area contributed by atoms with Gasteiger partial charge in [0.05, 0.1) is 12.7 Å². The number of hydrogen-bond acceptors (Lipinski definition) is 14. The molecule has 3 aromatic rings. The van der Waals surface area contributed by atoms with Crippen molar-refractivity contribution in [3.8, 4) is 34.3 Å². The maximum atomic E-state index is 13.6. The van der Waals surface area contributed by atoms with E-state index >= 15 is 0 Å². The molecule has 2 aliphatic heterocycles. The normalized spacial score (nSPS) is 32.6. The van der Waals surface area contributed by atoms with Crippen molar-refractivity contribution in [2.45, 2.75) is 62.2 Å². The van der Waals surface area contributed by atoms with Gasteiger partial charge in [-0.25, -0.2) is 0 Å². The minimum Gasteiger partial charge on any atom is -0.508 e. The first-order valence-corrected chi connectivity index (χ1v) is 12.3. The maximum Gasteiger partial charge on any atom is 0.239 e. The molecule has 14 nitrogen and oxygen atoms in total. The van der Waals surface area contributed by atoms with Crippen molar-refractivity contribution in [3.05, 3.63) is 46.6 Å². The van der Waals surface area contributed by atoms with Crippen molar-refractivity contribution < 1.29 is 64.2 Å². The summed E-state index contributed by atoms with van der Waals surface area (Å²) in [5.41, 5.74) is -0.860. The van der Waals surface area contributed by atoms with Gasteiger partial charge >= 0.3 is 0 Å². The van der Waals surface area contributed by atoms with Gasteiger partial charge in [0.2, 0.25) is 23.8 Å². The highest BCUT2D eigenvalue weighted by molar-refractivity contribution is 5.88. The molecular formula is C26H28O14. The van der Waals surface area contributed by atoms with E-state index in [-0.39, 0.29) is 33.8 Å². The predicted molar refractivity (Wildman–Crippen MR) is 133 cm³/mol. The third-order valence-corrected chi connectivity index (χ3v) is 6.78. The highest BCUT2D eigenvalue weighted by Gasteiger charge is 2.43. The number of hydrogen-bond donors (Lipinski definition) is 8. The lowest BCUT2D eigenvalue weighted by molar-refractivity contribution is -0.268. The number of rotatable bonds is 5. The van der Waals surface area contributed by atoms with Gasteiger partial charge < -0.3 is 64.2 Å². The molecule has 8 N–H and O–H groups in total. The lowest BCUT2D eigenvalue weighted by Crippen LogP contribution is -2.58. The van der Waals surface area contributed by atoms with Crippen LogP contribution in [0.4, 0.5) is 0 Å². The smallest absolute Gasteiger partial charge is 0.239 e. The first-order chi connectivity index (χ1) is 19.0. The monoisotopic (exact) mass is 564 g/mol. The summed E-state index contributed by atoms with van der Waals surface area (Å²) in [4.78, 5) is 13.6. The number of aliphatic hydroxyl groups excluding tert-OH is 6. The van der Waals surface area contributed by atoms with E-state index in [1.807, 2.05) is 0 Å². The maximum absolute atomic E-state index is 13.6. The Morgan fingerprint density at radius 3 is 2.20 bits per heavy atom. The largest absolute Gasteiger partial charge is 0.508 e. The zero-order chi connectivity index (χ0) is 28.9. The molecule has 5 rings (SSSR count). The highest BCUT2D eigenvalue weighted by Crippen LogP contribution is 2.38. The lowest BCUT2D eigenvalue weighted by Gasteiger charge is -2.38. The van der Waals surface area contributed by atoms with E-state index in [2.05, 4.69) is 0 Å². The molecule has 9 atom stereocenters. The molecule has 0 amide bonds. The molecule has 0 saturated carbocycles. The molecule has 0 spiro atoms. The Kier molecular flexibility index (Phi) is 7.60. The number of phenolic OH excluding ortho intramolecular Hbond substituents is 2. The fourth-order valence-electron chi connectivity index (χ4n) is 4.48. The molecule has 2 fully saturated rings. The Morgan fingerprint density at radius 1 is 0.825 bits per heavy atom. The number of aromatic hydroxyl groups is 2. The van der Waals surface area contributed by atoms with E-state index in [9.17, 15) is 45.6 Å². The number of aliphatic hydroxyl groups is 6. The quantitative estimate of drug-likeness (QED) is 0.184. The Hall–Kier alpha value is -3.47. The molecule has 3 heterocycles. The lowest BCUT2D eigenvalue weighted by atomic mass is 10.00. The second-order valence-electron chi connectivity index (χ2n) is 9.62. The number of phenols is 2. The molecule has 2 saturated heterocycles. The van der Waals surface area contributed by atoms with Crippen LogP contribution in [0, 0.1) is 0 Å². The molecule has 2 aliphatic rings. The molecule has 40 heavy (non-hydrogen) atoms. The number of ether oxygens (including phenoxy) is 4. The summed E-state index contributed by atoms with van der Waals surface area (Å²) in [6.07, 6.45) is -13.3. The van der Waals surface area contributed by atoms with Gasteiger partial charge in [0.1, 0.15) is 64.8 Å². The Balaban J connectivity index is 1.58. The summed E-state index contributed by atoms with van der Waals surface area (Å²) in [6, 6.07) is 7.69. The zero-order valence-corrected chi connectivity index (χ0v) is 20.9. The Bertz CT molecular complexity index is 1420. The standard InChI is InChI=1S/C26H28O14/c1-9-17(30)20(33)22(35)26(37-9)38-12-6-13(28)16-15(7-12)39-23(10-2-4-11(27)5-3-10)24(19(16)32)40-25-21(34)18(31)14(29)8-36-25/h2-7,9,14,17-18,20-22,25-31,33-35H,8H2,1H3/t9-,14-,17-,18-,20+,21-,22+,25+,26+/m1/s1. The van der Waals surface area contributed by atoms with E-state index < -0.39 is 78.8 Å². The van der Waals surface area contributed by atoms with Gasteiger partial charge in [-0.15, -0.1) is 0 Å². The zero-order valence-electron chi connectivity index (χ0n) is 20.9. The molecule has 216 valence electrons. The highest BCUT2D eigenvalue weighted by atomic mass is 16.7. The van der Waals surface area contributed by atoms with Gasteiger partial charge in [-0.3, -0.25) is 4.79 Å². The van der Waals surface area contributed by atoms with E-state index in [4.69, 9.17) is 23.4 Å². The van der Waals surface area contributed by atoms with Crippen molar-refractivity contribution in [2.24, 2.45) is 0 Å². The van der Waals surface area contributed by atoms with Gasteiger partial charge in [-0.05, 0) is 31.2 Å². The molecule has 0 bridgehead atoms. The van der Waals surface area contributed by atoms with Crippen LogP contribution in [0.25, 0.3) is 22.3 Å². The van der Waals surface area contributed by atoms with Crippen LogP contribution in [0.5, 0.6) is 23.0 Å². The minimum atomic E-state index is -1.74. The Morgan fingerprint density at radius 2 is 1.50 bits per heavy atom. The molecule has 0 radical (unpaired) electrons. The fraction of sp³-hybridized carbons (Fsp3) is 0.423. The summed E-state index contributed by atoms with van der Waals surface area (Å²) in [6.45, 7) is 1.06. The van der Waals surface area contributed by atoms with Crippen LogP contribution < -0.4 is 14.9 Å². The SMILES string of the molecule is C[C@H]1O[C@@H](Oc2cc(O)c3c(=O)c(O[C@@H]4OC[C@@H](O)[C@@H](O)[C@H]4O)c(-c4ccc(O)cc4)oc3c2)[C@@H](O)[C@@H](O)[C@@H]1O. The third kappa shape index (κ3) is 5.07. The van der Waals surface area contributed by atoms with Crippen LogP contribution in [-0.2, 0) is 9.47 Å². The van der Waals surface area contributed by atoms with Gasteiger partial charge in [0, 0.05) is 17.7 Å². The molecule has 1 aromatic heterocycles. The van der Waals surface area contributed by atoms with E-state index in [1.54, 1.807) is 0 Å². The van der Waals surface area contributed by atoms with E-state index in [0.717, 1.165) is 6.07 Å². The average Bonchev–Trinajstić information content (AvgIpc) is 2.92. The predicted octanol–water partition coefficient (Wildman–Crippen LogP) is -1.10. The molecule has 14 heteroatoms. The van der Waals surface area contributed by atoms with Crippen LogP contribution in [-0.4, -0.2) is 103 Å². The van der Waals surface area contributed by atoms with Crippen molar-refractivity contribution in [1.29, 1.82) is 0 Å². The van der Waals surface area contributed by atoms with E-state index in [0.29, 0.717) is 0 Å². The molecule has 0 unspecified atom stereocenters. The van der Waals surface area contributed by atoms with Crippen molar-refractivity contribution in [1.82, 2.24) is 0 Å². The summed E-state index contributed by atoms with van der Waals surface area (Å²) in [5, 5.41) is 80.5. The minimum absolute atomic E-state index is 0.0848. The summed E-state index contributed by atoms with van der Waals surface area (Å²) in [7, 11) is 0.